The Morgan fingerprint density at radius 3 is 2.50 bits per heavy atom. The number of carbonyl (C=O) groups is 3. The number of carbonyl (C=O) groups excluding carboxylic acids is 3. The molecule has 1 aliphatic heterocycles. The number of hydrogen-bond donors (Lipinski definition) is 2. The number of urea groups is 1. The molecule has 26 heavy (non-hydrogen) atoms. The molecule has 2 fully saturated rings. The Bertz CT molecular complexity index is 755. The molecular weight excluding hydrogens is 340 g/mol. The first-order chi connectivity index (χ1) is 12.3. The lowest BCUT2D eigenvalue weighted by atomic mass is 9.97. The van der Waals surface area contributed by atoms with Crippen molar-refractivity contribution in [2.75, 3.05) is 0 Å². The van der Waals surface area contributed by atoms with E-state index in [1.54, 1.807) is 12.1 Å². The number of hydrogen-bond acceptors (Lipinski definition) is 5. The van der Waals surface area contributed by atoms with Crippen molar-refractivity contribution < 1.29 is 19.3 Å². The second kappa shape index (κ2) is 6.74. The minimum absolute atomic E-state index is 0.0327. The first-order valence-corrected chi connectivity index (χ1v) is 8.51. The zero-order chi connectivity index (χ0) is 18.9. The van der Waals surface area contributed by atoms with E-state index in [0.717, 1.165) is 17.7 Å². The maximum atomic E-state index is 12.7. The Morgan fingerprint density at radius 1 is 1.31 bits per heavy atom. The summed E-state index contributed by atoms with van der Waals surface area (Å²) in [5.41, 5.74) is -0.195. The van der Waals surface area contributed by atoms with Crippen LogP contribution in [0.25, 0.3) is 0 Å². The van der Waals surface area contributed by atoms with Gasteiger partial charge in [0.05, 0.1) is 4.92 Å². The summed E-state index contributed by atoms with van der Waals surface area (Å²) in [6.45, 7) is 1.66. The Labute approximate surface area is 149 Å². The normalized spacial score (nSPS) is 19.5. The monoisotopic (exact) mass is 360 g/mol. The average Bonchev–Trinajstić information content (AvgIpc) is 3.18. The number of benzene rings is 1. The third-order valence-corrected chi connectivity index (χ3v) is 5.03. The molecule has 9 heteroatoms. The zero-order valence-electron chi connectivity index (χ0n) is 14.4. The van der Waals surface area contributed by atoms with Gasteiger partial charge in [-0.3, -0.25) is 19.7 Å². The fraction of sp³-hybridized carbons (Fsp3) is 0.471. The molecule has 9 nitrogen and oxygen atoms in total. The van der Waals surface area contributed by atoms with E-state index in [0.29, 0.717) is 18.4 Å². The van der Waals surface area contributed by atoms with Crippen molar-refractivity contribution in [3.8, 4) is 0 Å². The zero-order valence-corrected chi connectivity index (χ0v) is 14.4. The molecule has 0 bridgehead atoms. The van der Waals surface area contributed by atoms with Gasteiger partial charge in [0.15, 0.2) is 0 Å². The highest BCUT2D eigenvalue weighted by molar-refractivity contribution is 6.09. The molecule has 3 rings (SSSR count). The van der Waals surface area contributed by atoms with Crippen molar-refractivity contribution >= 4 is 23.5 Å². The van der Waals surface area contributed by atoms with Crippen molar-refractivity contribution in [1.82, 2.24) is 15.5 Å². The predicted octanol–water partition coefficient (Wildman–Crippen LogP) is 1.46. The standard InChI is InChI=1S/C17H20N4O5/c1-11(20-15(23)17(19-16(20)24)8-2-3-9-17)14(22)18-10-12-4-6-13(7-5-12)21(25)26/h4-7,11H,2-3,8-10H2,1H3,(H,18,22)(H,19,24). The molecule has 0 aromatic heterocycles. The van der Waals surface area contributed by atoms with Gasteiger partial charge in [-0.2, -0.15) is 0 Å². The van der Waals surface area contributed by atoms with E-state index in [2.05, 4.69) is 10.6 Å². The van der Waals surface area contributed by atoms with Crippen LogP contribution in [0.1, 0.15) is 38.2 Å². The number of nitro benzene ring substituents is 1. The number of nitrogens with one attached hydrogen (secondary N) is 2. The molecule has 0 radical (unpaired) electrons. The molecule has 1 aliphatic carbocycles. The van der Waals surface area contributed by atoms with E-state index in [9.17, 15) is 24.5 Å². The molecule has 2 aliphatic rings. The Morgan fingerprint density at radius 2 is 1.92 bits per heavy atom. The van der Waals surface area contributed by atoms with Crippen LogP contribution in [0.2, 0.25) is 0 Å². The van der Waals surface area contributed by atoms with E-state index in [-0.39, 0.29) is 18.1 Å². The third kappa shape index (κ3) is 3.12. The lowest BCUT2D eigenvalue weighted by molar-refractivity contribution is -0.384. The molecule has 1 aromatic rings. The van der Waals surface area contributed by atoms with Gasteiger partial charge in [-0.1, -0.05) is 25.0 Å². The van der Waals surface area contributed by atoms with Crippen LogP contribution < -0.4 is 10.6 Å². The van der Waals surface area contributed by atoms with Crippen LogP contribution in [0.15, 0.2) is 24.3 Å². The Hall–Kier alpha value is -2.97. The fourth-order valence-electron chi connectivity index (χ4n) is 3.50. The average molecular weight is 360 g/mol. The summed E-state index contributed by atoms with van der Waals surface area (Å²) in [5.74, 6) is -0.792. The Balaban J connectivity index is 1.61. The van der Waals surface area contributed by atoms with Crippen LogP contribution in [-0.2, 0) is 16.1 Å². The van der Waals surface area contributed by atoms with Crippen molar-refractivity contribution in [3.63, 3.8) is 0 Å². The molecule has 1 spiro atoms. The van der Waals surface area contributed by atoms with Crippen LogP contribution in [-0.4, -0.2) is 39.2 Å². The van der Waals surface area contributed by atoms with E-state index in [4.69, 9.17) is 0 Å². The van der Waals surface area contributed by atoms with Crippen LogP contribution in [0.3, 0.4) is 0 Å². The van der Waals surface area contributed by atoms with Crippen molar-refractivity contribution in [1.29, 1.82) is 0 Å². The van der Waals surface area contributed by atoms with Gasteiger partial charge in [0.2, 0.25) is 5.91 Å². The van der Waals surface area contributed by atoms with Crippen molar-refractivity contribution in [2.45, 2.75) is 50.7 Å². The number of nitrogens with zero attached hydrogens (tertiary/aromatic N) is 2. The molecule has 2 N–H and O–H groups in total. The van der Waals surface area contributed by atoms with Crippen LogP contribution >= 0.6 is 0 Å². The number of imide groups is 1. The predicted molar refractivity (Wildman–Crippen MR) is 91.0 cm³/mol. The van der Waals surface area contributed by atoms with Gasteiger partial charge in [0.1, 0.15) is 11.6 Å². The first-order valence-electron chi connectivity index (χ1n) is 8.51. The molecule has 1 heterocycles. The van der Waals surface area contributed by atoms with E-state index in [1.807, 2.05) is 0 Å². The minimum atomic E-state index is -0.930. The number of non-ortho nitro benzene ring substituents is 1. The summed E-state index contributed by atoms with van der Waals surface area (Å²) in [6, 6.07) is 4.34. The smallest absolute Gasteiger partial charge is 0.325 e. The molecule has 1 aromatic carbocycles. The van der Waals surface area contributed by atoms with E-state index in [1.165, 1.54) is 19.1 Å². The van der Waals surface area contributed by atoms with Crippen molar-refractivity contribution in [3.05, 3.63) is 39.9 Å². The Kier molecular flexibility index (Phi) is 4.62. The van der Waals surface area contributed by atoms with Gasteiger partial charge < -0.3 is 10.6 Å². The van der Waals surface area contributed by atoms with Gasteiger partial charge in [-0.05, 0) is 25.3 Å². The summed E-state index contributed by atoms with van der Waals surface area (Å²) >= 11 is 0. The lowest BCUT2D eigenvalue weighted by Gasteiger charge is -2.23. The van der Waals surface area contributed by atoms with Crippen LogP contribution in [0.5, 0.6) is 0 Å². The molecule has 1 saturated heterocycles. The van der Waals surface area contributed by atoms with Gasteiger partial charge in [-0.15, -0.1) is 0 Å². The number of nitro groups is 1. The summed E-state index contributed by atoms with van der Waals surface area (Å²) < 4.78 is 0. The topological polar surface area (TPSA) is 122 Å². The van der Waals surface area contributed by atoms with E-state index < -0.39 is 28.4 Å². The van der Waals surface area contributed by atoms with Gasteiger partial charge >= 0.3 is 6.03 Å². The van der Waals surface area contributed by atoms with Gasteiger partial charge in [0, 0.05) is 18.7 Å². The molecule has 1 atom stereocenters. The third-order valence-electron chi connectivity index (χ3n) is 5.03. The molecule has 138 valence electrons. The number of amides is 4. The SMILES string of the molecule is CC(C(=O)NCc1ccc([N+](=O)[O-])cc1)N1C(=O)NC2(CCCC2)C1=O. The van der Waals surface area contributed by atoms with Gasteiger partial charge in [-0.25, -0.2) is 9.69 Å². The molecule has 4 amide bonds. The van der Waals surface area contributed by atoms with Crippen LogP contribution in [0.4, 0.5) is 10.5 Å². The number of rotatable bonds is 5. The molecule has 1 saturated carbocycles. The second-order valence-electron chi connectivity index (χ2n) is 6.71. The largest absolute Gasteiger partial charge is 0.350 e. The highest BCUT2D eigenvalue weighted by atomic mass is 16.6. The molecular formula is C17H20N4O5. The lowest BCUT2D eigenvalue weighted by Crippen LogP contribution is -2.49. The fourth-order valence-corrected chi connectivity index (χ4v) is 3.50. The van der Waals surface area contributed by atoms with Crippen molar-refractivity contribution in [2.24, 2.45) is 0 Å². The summed E-state index contributed by atoms with van der Waals surface area (Å²) in [6.07, 6.45) is 2.96. The highest BCUT2D eigenvalue weighted by Gasteiger charge is 2.54. The maximum Gasteiger partial charge on any atom is 0.325 e. The summed E-state index contributed by atoms with van der Waals surface area (Å²) in [4.78, 5) is 48.4. The quantitative estimate of drug-likeness (QED) is 0.468. The minimum Gasteiger partial charge on any atom is -0.350 e. The highest BCUT2D eigenvalue weighted by Crippen LogP contribution is 2.35. The van der Waals surface area contributed by atoms with Gasteiger partial charge in [0.25, 0.3) is 11.6 Å². The van der Waals surface area contributed by atoms with E-state index >= 15 is 0 Å². The first kappa shape index (κ1) is 17.8. The summed E-state index contributed by atoms with van der Waals surface area (Å²) in [7, 11) is 0. The second-order valence-corrected chi connectivity index (χ2v) is 6.71. The molecule has 1 unspecified atom stereocenters. The van der Waals surface area contributed by atoms with Crippen LogP contribution in [0, 0.1) is 10.1 Å². The maximum absolute atomic E-state index is 12.7. The summed E-state index contributed by atoms with van der Waals surface area (Å²) in [5, 5.41) is 16.1.